The molecule has 0 aliphatic carbocycles. The maximum Gasteiger partial charge on any atom is 0.403 e. The summed E-state index contributed by atoms with van der Waals surface area (Å²) in [7, 11) is 3.11. The zero-order valence-electron chi connectivity index (χ0n) is 7.18. The molecule has 0 aliphatic rings. The van der Waals surface area contributed by atoms with Crippen LogP contribution in [0.1, 0.15) is 0 Å². The van der Waals surface area contributed by atoms with Crippen LogP contribution in [-0.4, -0.2) is 22.8 Å². The lowest BCUT2D eigenvalue weighted by molar-refractivity contribution is 0.181. The first-order chi connectivity index (χ1) is 6.79. The van der Waals surface area contributed by atoms with Crippen LogP contribution in [0.25, 0.3) is 0 Å². The second-order valence-corrected chi connectivity index (χ2v) is 4.90. The third-order valence-electron chi connectivity index (χ3n) is 1.16. The molecule has 0 saturated carbocycles. The van der Waals surface area contributed by atoms with E-state index in [0.717, 1.165) is 5.03 Å². The predicted molar refractivity (Wildman–Crippen MR) is 59.8 cm³/mol. The van der Waals surface area contributed by atoms with Crippen LogP contribution in [0.15, 0.2) is 29.4 Å². The van der Waals surface area contributed by atoms with Crippen molar-refractivity contribution in [3.63, 3.8) is 0 Å². The molecule has 0 fully saturated rings. The maximum absolute atomic E-state index is 10.2. The highest BCUT2D eigenvalue weighted by Crippen LogP contribution is 2.28. The number of rotatable bonds is 5. The standard InChI is InChI=1S/C8H8ClNO2S2/c9-8(11)12-5-6-13-14-7-3-1-2-4-10-7/h1-4H,5-6H2. The quantitative estimate of drug-likeness (QED) is 0.455. The van der Waals surface area contributed by atoms with Crippen molar-refractivity contribution in [2.45, 2.75) is 5.03 Å². The molecule has 0 N–H and O–H groups in total. The normalized spacial score (nSPS) is 9.79. The number of hydrogen-bond donors (Lipinski definition) is 0. The number of pyridine rings is 1. The summed E-state index contributed by atoms with van der Waals surface area (Å²) in [5.74, 6) is 0.694. The second kappa shape index (κ2) is 6.98. The van der Waals surface area contributed by atoms with Gasteiger partial charge in [0.05, 0.1) is 0 Å². The van der Waals surface area contributed by atoms with Crippen LogP contribution in [0.3, 0.4) is 0 Å². The zero-order valence-corrected chi connectivity index (χ0v) is 9.57. The lowest BCUT2D eigenvalue weighted by Gasteiger charge is -1.99. The van der Waals surface area contributed by atoms with Crippen LogP contribution < -0.4 is 0 Å². The Morgan fingerprint density at radius 3 is 3.07 bits per heavy atom. The van der Waals surface area contributed by atoms with Crippen molar-refractivity contribution in [3.8, 4) is 0 Å². The average Bonchev–Trinajstić information content (AvgIpc) is 2.18. The molecule has 0 spiro atoms. The first-order valence-corrected chi connectivity index (χ1v) is 6.51. The van der Waals surface area contributed by atoms with Gasteiger partial charge in [0.15, 0.2) is 0 Å². The van der Waals surface area contributed by atoms with Gasteiger partial charge in [-0.3, -0.25) is 0 Å². The molecule has 0 amide bonds. The lowest BCUT2D eigenvalue weighted by Crippen LogP contribution is -1.97. The summed E-state index contributed by atoms with van der Waals surface area (Å²) >= 11 is 4.98. The molecule has 3 nitrogen and oxygen atoms in total. The van der Waals surface area contributed by atoms with Gasteiger partial charge < -0.3 is 4.74 Å². The van der Waals surface area contributed by atoms with Gasteiger partial charge in [0.25, 0.3) is 0 Å². The Morgan fingerprint density at radius 1 is 1.57 bits per heavy atom. The third kappa shape index (κ3) is 5.36. The number of hydrogen-bond acceptors (Lipinski definition) is 5. The molecule has 0 aliphatic heterocycles. The van der Waals surface area contributed by atoms with Gasteiger partial charge in [-0.25, -0.2) is 9.78 Å². The molecule has 1 aromatic heterocycles. The van der Waals surface area contributed by atoms with E-state index in [9.17, 15) is 4.79 Å². The summed E-state index contributed by atoms with van der Waals surface area (Å²) in [6.45, 7) is 0.326. The van der Waals surface area contributed by atoms with Crippen molar-refractivity contribution >= 4 is 38.6 Å². The molecular formula is C8H8ClNO2S2. The first-order valence-electron chi connectivity index (χ1n) is 3.82. The summed E-state index contributed by atoms with van der Waals surface area (Å²) < 4.78 is 4.55. The van der Waals surface area contributed by atoms with Crippen molar-refractivity contribution < 1.29 is 9.53 Å². The van der Waals surface area contributed by atoms with E-state index in [1.807, 2.05) is 18.2 Å². The van der Waals surface area contributed by atoms with Crippen molar-refractivity contribution in [1.82, 2.24) is 4.98 Å². The number of carbonyl (C=O) groups is 1. The molecule has 6 heteroatoms. The molecule has 0 saturated heterocycles. The number of halogens is 1. The number of ether oxygens (including phenoxy) is 1. The molecule has 0 atom stereocenters. The molecule has 1 aromatic rings. The van der Waals surface area contributed by atoms with Crippen LogP contribution >= 0.6 is 33.2 Å². The third-order valence-corrected chi connectivity index (χ3v) is 3.50. The molecule has 0 radical (unpaired) electrons. The zero-order chi connectivity index (χ0) is 10.2. The van der Waals surface area contributed by atoms with Gasteiger partial charge in [-0.1, -0.05) is 16.9 Å². The van der Waals surface area contributed by atoms with Gasteiger partial charge in [0.1, 0.15) is 11.6 Å². The van der Waals surface area contributed by atoms with Gasteiger partial charge >= 0.3 is 5.43 Å². The summed E-state index contributed by atoms with van der Waals surface area (Å²) in [5.41, 5.74) is -0.756. The predicted octanol–water partition coefficient (Wildman–Crippen LogP) is 3.20. The Balaban J connectivity index is 2.08. The van der Waals surface area contributed by atoms with Crippen molar-refractivity contribution in [1.29, 1.82) is 0 Å². The van der Waals surface area contributed by atoms with E-state index >= 15 is 0 Å². The molecule has 1 heterocycles. The molecular weight excluding hydrogens is 242 g/mol. The van der Waals surface area contributed by atoms with E-state index < -0.39 is 5.43 Å². The van der Waals surface area contributed by atoms with E-state index in [-0.39, 0.29) is 0 Å². The fraction of sp³-hybridized carbons (Fsp3) is 0.250. The largest absolute Gasteiger partial charge is 0.453 e. The summed E-state index contributed by atoms with van der Waals surface area (Å²) in [6.07, 6.45) is 1.74. The average molecular weight is 250 g/mol. The topological polar surface area (TPSA) is 39.2 Å². The highest BCUT2D eigenvalue weighted by atomic mass is 35.5. The maximum atomic E-state index is 10.2. The molecule has 14 heavy (non-hydrogen) atoms. The SMILES string of the molecule is O=C(Cl)OCCSSc1ccccn1. The minimum Gasteiger partial charge on any atom is -0.453 e. The Hall–Kier alpha value is -0.390. The molecule has 76 valence electrons. The Morgan fingerprint density at radius 2 is 2.43 bits per heavy atom. The Kier molecular flexibility index (Phi) is 5.82. The number of aromatic nitrogens is 1. The Labute approximate surface area is 95.0 Å². The lowest BCUT2D eigenvalue weighted by atomic mass is 10.5. The van der Waals surface area contributed by atoms with Crippen molar-refractivity contribution in [2.24, 2.45) is 0 Å². The first kappa shape index (κ1) is 11.7. The van der Waals surface area contributed by atoms with Crippen LogP contribution in [0, 0.1) is 0 Å². The summed E-state index contributed by atoms with van der Waals surface area (Å²) in [6, 6.07) is 5.71. The van der Waals surface area contributed by atoms with Gasteiger partial charge in [-0.15, -0.1) is 0 Å². The van der Waals surface area contributed by atoms with Crippen molar-refractivity contribution in [2.75, 3.05) is 12.4 Å². The fourth-order valence-electron chi connectivity index (χ4n) is 0.654. The fourth-order valence-corrected chi connectivity index (χ4v) is 2.44. The van der Waals surface area contributed by atoms with Gasteiger partial charge in [-0.2, -0.15) is 0 Å². The van der Waals surface area contributed by atoms with Crippen LogP contribution in [0.5, 0.6) is 0 Å². The van der Waals surface area contributed by atoms with E-state index in [1.54, 1.807) is 27.8 Å². The highest BCUT2D eigenvalue weighted by Gasteiger charge is 1.97. The van der Waals surface area contributed by atoms with Crippen molar-refractivity contribution in [3.05, 3.63) is 24.4 Å². The summed E-state index contributed by atoms with van der Waals surface area (Å²) in [4.78, 5) is 14.3. The molecule has 1 rings (SSSR count). The highest BCUT2D eigenvalue weighted by molar-refractivity contribution is 8.76. The van der Waals surface area contributed by atoms with Crippen LogP contribution in [0.4, 0.5) is 4.79 Å². The van der Waals surface area contributed by atoms with Gasteiger partial charge in [0.2, 0.25) is 0 Å². The van der Waals surface area contributed by atoms with E-state index in [0.29, 0.717) is 12.4 Å². The minimum absolute atomic E-state index is 0.326. The van der Waals surface area contributed by atoms with Gasteiger partial charge in [-0.05, 0) is 22.9 Å². The van der Waals surface area contributed by atoms with Crippen LogP contribution in [-0.2, 0) is 4.74 Å². The minimum atomic E-state index is -0.756. The van der Waals surface area contributed by atoms with Crippen LogP contribution in [0.2, 0.25) is 0 Å². The van der Waals surface area contributed by atoms with E-state index in [2.05, 4.69) is 9.72 Å². The second-order valence-electron chi connectivity index (χ2n) is 2.16. The molecule has 0 bridgehead atoms. The van der Waals surface area contributed by atoms with E-state index in [4.69, 9.17) is 11.6 Å². The molecule has 0 unspecified atom stereocenters. The number of nitrogens with zero attached hydrogens (tertiary/aromatic N) is 1. The number of carbonyl (C=O) groups excluding carboxylic acids is 1. The van der Waals surface area contributed by atoms with E-state index in [1.165, 1.54) is 0 Å². The smallest absolute Gasteiger partial charge is 0.403 e. The molecule has 0 aromatic carbocycles. The van der Waals surface area contributed by atoms with Gasteiger partial charge in [0, 0.05) is 23.6 Å². The monoisotopic (exact) mass is 249 g/mol. The Bertz CT molecular complexity index is 284. The summed E-state index contributed by atoms with van der Waals surface area (Å²) in [5, 5.41) is 0.940.